The zero-order chi connectivity index (χ0) is 10.9. The van der Waals surface area contributed by atoms with Gasteiger partial charge in [-0.3, -0.25) is 4.79 Å². The minimum atomic E-state index is -0.318. The molecule has 13 heavy (non-hydrogen) atoms. The lowest BCUT2D eigenvalue weighted by molar-refractivity contribution is -0.138. The molecule has 0 fully saturated rings. The summed E-state index contributed by atoms with van der Waals surface area (Å²) in [6.45, 7) is 7.66. The van der Waals surface area contributed by atoms with E-state index in [1.54, 1.807) is 0 Å². The molecule has 0 atom stereocenters. The highest BCUT2D eigenvalue weighted by atomic mass is 16.5. The van der Waals surface area contributed by atoms with E-state index in [1.165, 1.54) is 0 Å². The number of likely N-dealkylation sites (N-methyl/N-ethyl adjacent to an activating group) is 1. The quantitative estimate of drug-likeness (QED) is 0.657. The van der Waals surface area contributed by atoms with E-state index in [0.717, 1.165) is 13.1 Å². The molecule has 4 nitrogen and oxygen atoms in total. The van der Waals surface area contributed by atoms with Gasteiger partial charge in [0, 0.05) is 13.1 Å². The lowest BCUT2D eigenvalue weighted by atomic mass is 10.2. The van der Waals surface area contributed by atoms with Crippen LogP contribution < -0.4 is 5.73 Å². The largest absolute Gasteiger partial charge is 0.462 e. The second-order valence-electron chi connectivity index (χ2n) is 3.92. The highest BCUT2D eigenvalue weighted by Crippen LogP contribution is 2.02. The third kappa shape index (κ3) is 24.6. The van der Waals surface area contributed by atoms with Crippen LogP contribution in [0.1, 0.15) is 20.8 Å². The molecule has 0 aliphatic heterocycles. The smallest absolute Gasteiger partial charge is 0.293 e. The van der Waals surface area contributed by atoms with Crippen LogP contribution in [0, 0.1) is 0 Å². The lowest BCUT2D eigenvalue weighted by Crippen LogP contribution is -2.20. The monoisotopic (exact) mass is 190 g/mol. The van der Waals surface area contributed by atoms with Crippen molar-refractivity contribution in [3.05, 3.63) is 0 Å². The highest BCUT2D eigenvalue weighted by Gasteiger charge is 2.07. The summed E-state index contributed by atoms with van der Waals surface area (Å²) in [5.41, 5.74) is 4.87. The molecule has 0 spiro atoms. The fourth-order valence-electron chi connectivity index (χ4n) is 0.403. The summed E-state index contributed by atoms with van der Waals surface area (Å²) >= 11 is 0. The normalized spacial score (nSPS) is 10.4. The molecule has 80 valence electrons. The van der Waals surface area contributed by atoms with Crippen LogP contribution in [-0.4, -0.2) is 44.2 Å². The summed E-state index contributed by atoms with van der Waals surface area (Å²) in [7, 11) is 4.01. The molecule has 0 heterocycles. The van der Waals surface area contributed by atoms with E-state index in [2.05, 4.69) is 9.64 Å². The van der Waals surface area contributed by atoms with Gasteiger partial charge in [-0.05, 0) is 34.9 Å². The van der Waals surface area contributed by atoms with E-state index in [9.17, 15) is 4.79 Å². The van der Waals surface area contributed by atoms with Gasteiger partial charge in [0.2, 0.25) is 0 Å². The van der Waals surface area contributed by atoms with E-state index >= 15 is 0 Å². The Labute approximate surface area is 81.0 Å². The number of hydrogen-bond acceptors (Lipinski definition) is 4. The van der Waals surface area contributed by atoms with Crippen molar-refractivity contribution in [3.8, 4) is 0 Å². The van der Waals surface area contributed by atoms with Gasteiger partial charge in [-0.15, -0.1) is 0 Å². The molecule has 0 aromatic rings. The van der Waals surface area contributed by atoms with Gasteiger partial charge in [-0.25, -0.2) is 0 Å². The molecular formula is C9H22N2O2. The van der Waals surface area contributed by atoms with Gasteiger partial charge >= 0.3 is 0 Å². The predicted octanol–water partition coefficient (Wildman–Crippen LogP) is 0.465. The maximum Gasteiger partial charge on any atom is 0.293 e. The summed E-state index contributed by atoms with van der Waals surface area (Å²) in [6, 6.07) is 0. The Bertz CT molecular complexity index is 119. The number of nitrogens with two attached hydrogens (primary N) is 1. The van der Waals surface area contributed by atoms with Crippen molar-refractivity contribution in [2.45, 2.75) is 26.4 Å². The highest BCUT2D eigenvalue weighted by molar-refractivity contribution is 5.37. The zero-order valence-electron chi connectivity index (χ0n) is 9.33. The van der Waals surface area contributed by atoms with Crippen molar-refractivity contribution in [3.63, 3.8) is 0 Å². The van der Waals surface area contributed by atoms with E-state index in [1.807, 2.05) is 34.9 Å². The molecule has 0 amide bonds. The van der Waals surface area contributed by atoms with Crippen molar-refractivity contribution >= 4 is 6.47 Å². The molecule has 0 saturated carbocycles. The molecule has 0 aromatic heterocycles. The molecule has 0 aromatic carbocycles. The molecule has 2 N–H and O–H groups in total. The van der Waals surface area contributed by atoms with Crippen molar-refractivity contribution in [1.82, 2.24) is 4.90 Å². The van der Waals surface area contributed by atoms with Crippen molar-refractivity contribution in [2.75, 3.05) is 27.2 Å². The Hall–Kier alpha value is -0.610. The first-order chi connectivity index (χ1) is 5.83. The van der Waals surface area contributed by atoms with E-state index in [4.69, 9.17) is 5.73 Å². The summed E-state index contributed by atoms with van der Waals surface area (Å²) in [4.78, 5) is 11.7. The van der Waals surface area contributed by atoms with Gasteiger partial charge in [0.05, 0.1) is 0 Å². The van der Waals surface area contributed by atoms with Crippen LogP contribution in [0.15, 0.2) is 0 Å². The van der Waals surface area contributed by atoms with Crippen LogP contribution in [0.25, 0.3) is 0 Å². The Morgan fingerprint density at radius 2 is 1.85 bits per heavy atom. The fraction of sp³-hybridized carbons (Fsp3) is 0.889. The number of nitrogens with zero attached hydrogens (tertiary/aromatic N) is 1. The zero-order valence-corrected chi connectivity index (χ0v) is 9.33. The summed E-state index contributed by atoms with van der Waals surface area (Å²) in [5.74, 6) is 0. The predicted molar refractivity (Wildman–Crippen MR) is 54.5 cm³/mol. The van der Waals surface area contributed by atoms with Gasteiger partial charge in [-0.2, -0.15) is 0 Å². The average Bonchev–Trinajstić information content (AvgIpc) is 1.84. The van der Waals surface area contributed by atoms with Gasteiger partial charge in [0.25, 0.3) is 6.47 Å². The van der Waals surface area contributed by atoms with Crippen LogP contribution in [0.5, 0.6) is 0 Å². The standard InChI is InChI=1S/C5H10O2.C4H12N2/c1-5(2,3)7-4-6;1-6(2)4-3-5/h4H,1-3H3;3-5H2,1-2H3. The van der Waals surface area contributed by atoms with Crippen LogP contribution >= 0.6 is 0 Å². The van der Waals surface area contributed by atoms with Gasteiger partial charge in [0.1, 0.15) is 5.60 Å². The SMILES string of the molecule is CC(C)(C)OC=O.CN(C)CCN. The molecule has 0 rings (SSSR count). The molecule has 4 heteroatoms. The second-order valence-corrected chi connectivity index (χ2v) is 3.92. The first-order valence-corrected chi connectivity index (χ1v) is 4.29. The average molecular weight is 190 g/mol. The molecule has 0 unspecified atom stereocenters. The molecule has 0 bridgehead atoms. The van der Waals surface area contributed by atoms with Gasteiger partial charge in [0.15, 0.2) is 0 Å². The molecule has 0 radical (unpaired) electrons. The molecule has 0 aliphatic rings. The van der Waals surface area contributed by atoms with Gasteiger partial charge < -0.3 is 15.4 Å². The first-order valence-electron chi connectivity index (χ1n) is 4.29. The van der Waals surface area contributed by atoms with Crippen molar-refractivity contribution in [1.29, 1.82) is 0 Å². The van der Waals surface area contributed by atoms with Crippen LogP contribution in [0.4, 0.5) is 0 Å². The van der Waals surface area contributed by atoms with Crippen LogP contribution in [-0.2, 0) is 9.53 Å². The number of carbonyl (C=O) groups is 1. The molecular weight excluding hydrogens is 168 g/mol. The fourth-order valence-corrected chi connectivity index (χ4v) is 0.403. The van der Waals surface area contributed by atoms with E-state index in [-0.39, 0.29) is 5.60 Å². The Balaban J connectivity index is 0. The first kappa shape index (κ1) is 14.9. The summed E-state index contributed by atoms with van der Waals surface area (Å²) in [6.07, 6.45) is 0. The maximum atomic E-state index is 9.60. The number of rotatable bonds is 3. The number of carbonyl (C=O) groups excluding carboxylic acids is 1. The topological polar surface area (TPSA) is 55.6 Å². The molecule has 0 aliphatic carbocycles. The Kier molecular flexibility index (Phi) is 9.17. The number of ether oxygens (including phenoxy) is 1. The summed E-state index contributed by atoms with van der Waals surface area (Å²) in [5, 5.41) is 0. The lowest BCUT2D eigenvalue weighted by Gasteiger charge is -2.14. The second kappa shape index (κ2) is 8.01. The number of hydrogen-bond donors (Lipinski definition) is 1. The Morgan fingerprint density at radius 1 is 1.38 bits per heavy atom. The Morgan fingerprint density at radius 3 is 1.85 bits per heavy atom. The van der Waals surface area contributed by atoms with Crippen LogP contribution in [0.3, 0.4) is 0 Å². The molecule has 0 saturated heterocycles. The third-order valence-electron chi connectivity index (χ3n) is 0.978. The van der Waals surface area contributed by atoms with Crippen molar-refractivity contribution in [2.24, 2.45) is 5.73 Å². The summed E-state index contributed by atoms with van der Waals surface area (Å²) < 4.78 is 4.55. The minimum Gasteiger partial charge on any atom is -0.462 e. The van der Waals surface area contributed by atoms with Gasteiger partial charge in [-0.1, -0.05) is 0 Å². The maximum absolute atomic E-state index is 9.60. The van der Waals surface area contributed by atoms with Crippen molar-refractivity contribution < 1.29 is 9.53 Å². The van der Waals surface area contributed by atoms with E-state index < -0.39 is 0 Å². The van der Waals surface area contributed by atoms with E-state index in [0.29, 0.717) is 6.47 Å². The third-order valence-corrected chi connectivity index (χ3v) is 0.978. The minimum absolute atomic E-state index is 0.318. The van der Waals surface area contributed by atoms with Crippen LogP contribution in [0.2, 0.25) is 0 Å².